The molecule has 2 aromatic heterocycles. The van der Waals surface area contributed by atoms with Gasteiger partial charge in [-0.05, 0) is 6.42 Å². The molecule has 2 heterocycles. The summed E-state index contributed by atoms with van der Waals surface area (Å²) >= 11 is 0. The van der Waals surface area contributed by atoms with Crippen molar-refractivity contribution in [1.82, 2.24) is 19.9 Å². The second kappa shape index (κ2) is 3.25. The average molecular weight is 191 g/mol. The van der Waals surface area contributed by atoms with Gasteiger partial charge < -0.3 is 10.7 Å². The smallest absolute Gasteiger partial charge is 0.222 e. The molecule has 0 spiro atoms. The number of hydrogen-bond donors (Lipinski definition) is 2. The van der Waals surface area contributed by atoms with Crippen LogP contribution in [0.25, 0.3) is 11.2 Å². The minimum absolute atomic E-state index is 0.292. The van der Waals surface area contributed by atoms with Crippen LogP contribution in [0.15, 0.2) is 6.33 Å². The van der Waals surface area contributed by atoms with Gasteiger partial charge in [0.1, 0.15) is 5.52 Å². The molecule has 5 nitrogen and oxygen atoms in total. The Kier molecular flexibility index (Phi) is 2.07. The maximum atomic E-state index is 5.60. The fourth-order valence-corrected chi connectivity index (χ4v) is 1.42. The Morgan fingerprint density at radius 1 is 1.50 bits per heavy atom. The zero-order valence-corrected chi connectivity index (χ0v) is 8.28. The monoisotopic (exact) mass is 191 g/mol. The van der Waals surface area contributed by atoms with E-state index in [1.807, 2.05) is 0 Å². The molecule has 2 rings (SSSR count). The van der Waals surface area contributed by atoms with E-state index in [-0.39, 0.29) is 0 Å². The Bertz CT molecular complexity index is 447. The molecule has 5 heteroatoms. The highest BCUT2D eigenvalue weighted by Gasteiger charge is 2.13. The molecule has 0 aliphatic rings. The first-order valence-corrected chi connectivity index (χ1v) is 4.68. The van der Waals surface area contributed by atoms with Gasteiger partial charge in [-0.25, -0.2) is 9.97 Å². The zero-order chi connectivity index (χ0) is 10.1. The number of aromatic amines is 1. The standard InChI is InChI=1S/C9H13N5/c1-3-5(2)6-7-8(12-4-11-7)14-9(10)13-6/h4-5H,3H2,1-2H3,(H3,10,11,12,13,14). The van der Waals surface area contributed by atoms with Crippen LogP contribution in [0.5, 0.6) is 0 Å². The summed E-state index contributed by atoms with van der Waals surface area (Å²) in [6.07, 6.45) is 2.63. The fourth-order valence-electron chi connectivity index (χ4n) is 1.42. The zero-order valence-electron chi connectivity index (χ0n) is 8.28. The van der Waals surface area contributed by atoms with E-state index < -0.39 is 0 Å². The number of nitrogens with zero attached hydrogens (tertiary/aromatic N) is 3. The van der Waals surface area contributed by atoms with Crippen molar-refractivity contribution in [2.45, 2.75) is 26.2 Å². The molecule has 0 saturated heterocycles. The van der Waals surface area contributed by atoms with E-state index in [1.165, 1.54) is 0 Å². The van der Waals surface area contributed by atoms with Crippen molar-refractivity contribution in [3.8, 4) is 0 Å². The van der Waals surface area contributed by atoms with Gasteiger partial charge >= 0.3 is 0 Å². The normalized spacial score (nSPS) is 13.3. The molecule has 0 amide bonds. The van der Waals surface area contributed by atoms with Crippen LogP contribution in [0.4, 0.5) is 5.95 Å². The van der Waals surface area contributed by atoms with Crippen molar-refractivity contribution in [3.63, 3.8) is 0 Å². The number of anilines is 1. The van der Waals surface area contributed by atoms with Gasteiger partial charge in [0.05, 0.1) is 12.0 Å². The number of aromatic nitrogens is 4. The van der Waals surface area contributed by atoms with Crippen LogP contribution in [-0.2, 0) is 0 Å². The Labute approximate surface area is 81.8 Å². The largest absolute Gasteiger partial charge is 0.368 e. The summed E-state index contributed by atoms with van der Waals surface area (Å²) in [6, 6.07) is 0. The SMILES string of the molecule is CCC(C)c1nc(N)nc2nc[nH]c12. The number of fused-ring (bicyclic) bond motifs is 1. The predicted octanol–water partition coefficient (Wildman–Crippen LogP) is 1.45. The molecule has 74 valence electrons. The van der Waals surface area contributed by atoms with Gasteiger partial charge in [0.25, 0.3) is 0 Å². The number of imidazole rings is 1. The molecule has 1 atom stereocenters. The van der Waals surface area contributed by atoms with Gasteiger partial charge in [0.15, 0.2) is 5.65 Å². The molecule has 0 aliphatic heterocycles. The van der Waals surface area contributed by atoms with Crippen LogP contribution >= 0.6 is 0 Å². The van der Waals surface area contributed by atoms with E-state index in [0.29, 0.717) is 17.5 Å². The number of nitrogens with two attached hydrogens (primary N) is 1. The van der Waals surface area contributed by atoms with E-state index in [0.717, 1.165) is 17.6 Å². The molecule has 0 aliphatic carbocycles. The number of H-pyrrole nitrogens is 1. The van der Waals surface area contributed by atoms with Crippen LogP contribution in [0, 0.1) is 0 Å². The van der Waals surface area contributed by atoms with E-state index in [2.05, 4.69) is 33.8 Å². The van der Waals surface area contributed by atoms with Crippen molar-refractivity contribution >= 4 is 17.1 Å². The third kappa shape index (κ3) is 1.30. The first kappa shape index (κ1) is 8.93. The van der Waals surface area contributed by atoms with Gasteiger partial charge in [0, 0.05) is 5.92 Å². The lowest BCUT2D eigenvalue weighted by atomic mass is 10.0. The number of hydrogen-bond acceptors (Lipinski definition) is 4. The van der Waals surface area contributed by atoms with E-state index in [1.54, 1.807) is 6.33 Å². The van der Waals surface area contributed by atoms with Crippen LogP contribution in [0.2, 0.25) is 0 Å². The van der Waals surface area contributed by atoms with Crippen molar-refractivity contribution in [2.24, 2.45) is 0 Å². The highest BCUT2D eigenvalue weighted by Crippen LogP contribution is 2.23. The minimum Gasteiger partial charge on any atom is -0.368 e. The van der Waals surface area contributed by atoms with Crippen molar-refractivity contribution < 1.29 is 0 Å². The summed E-state index contributed by atoms with van der Waals surface area (Å²) in [7, 11) is 0. The van der Waals surface area contributed by atoms with Gasteiger partial charge in [-0.15, -0.1) is 0 Å². The Morgan fingerprint density at radius 3 is 3.00 bits per heavy atom. The van der Waals surface area contributed by atoms with Crippen LogP contribution < -0.4 is 5.73 Å². The summed E-state index contributed by atoms with van der Waals surface area (Å²) in [5.41, 5.74) is 8.09. The lowest BCUT2D eigenvalue weighted by Gasteiger charge is -2.08. The molecule has 0 saturated carbocycles. The molecule has 0 radical (unpaired) electrons. The van der Waals surface area contributed by atoms with E-state index in [4.69, 9.17) is 5.73 Å². The quantitative estimate of drug-likeness (QED) is 0.752. The Hall–Kier alpha value is -1.65. The number of nitrogens with one attached hydrogen (secondary N) is 1. The molecular weight excluding hydrogens is 178 g/mol. The van der Waals surface area contributed by atoms with Gasteiger partial charge in [-0.2, -0.15) is 4.98 Å². The van der Waals surface area contributed by atoms with Gasteiger partial charge in [-0.1, -0.05) is 13.8 Å². The van der Waals surface area contributed by atoms with Gasteiger partial charge in [-0.3, -0.25) is 0 Å². The highest BCUT2D eigenvalue weighted by molar-refractivity contribution is 5.74. The molecule has 0 aromatic carbocycles. The number of nitrogen functional groups attached to an aromatic ring is 1. The third-order valence-electron chi connectivity index (χ3n) is 2.41. The third-order valence-corrected chi connectivity index (χ3v) is 2.41. The summed E-state index contributed by atoms with van der Waals surface area (Å²) in [4.78, 5) is 15.4. The average Bonchev–Trinajstić information content (AvgIpc) is 2.62. The summed E-state index contributed by atoms with van der Waals surface area (Å²) in [5.74, 6) is 0.656. The molecule has 1 unspecified atom stereocenters. The molecular formula is C9H13N5. The maximum Gasteiger partial charge on any atom is 0.222 e. The highest BCUT2D eigenvalue weighted by atomic mass is 15.1. The van der Waals surface area contributed by atoms with Crippen LogP contribution in [-0.4, -0.2) is 19.9 Å². The second-order valence-corrected chi connectivity index (χ2v) is 3.38. The van der Waals surface area contributed by atoms with E-state index in [9.17, 15) is 0 Å². The predicted molar refractivity (Wildman–Crippen MR) is 54.8 cm³/mol. The number of rotatable bonds is 2. The maximum absolute atomic E-state index is 5.60. The lowest BCUT2D eigenvalue weighted by Crippen LogP contribution is -2.03. The summed E-state index contributed by atoms with van der Waals surface area (Å²) in [5, 5.41) is 0. The van der Waals surface area contributed by atoms with E-state index >= 15 is 0 Å². The Balaban J connectivity index is 2.66. The second-order valence-electron chi connectivity index (χ2n) is 3.38. The first-order chi connectivity index (χ1) is 6.72. The summed E-state index contributed by atoms with van der Waals surface area (Å²) < 4.78 is 0. The molecule has 14 heavy (non-hydrogen) atoms. The van der Waals surface area contributed by atoms with Crippen molar-refractivity contribution in [1.29, 1.82) is 0 Å². The minimum atomic E-state index is 0.292. The van der Waals surface area contributed by atoms with Crippen molar-refractivity contribution in [3.05, 3.63) is 12.0 Å². The fraction of sp³-hybridized carbons (Fsp3) is 0.444. The molecule has 0 fully saturated rings. The summed E-state index contributed by atoms with van der Waals surface area (Å²) in [6.45, 7) is 4.23. The first-order valence-electron chi connectivity index (χ1n) is 4.68. The topological polar surface area (TPSA) is 80.5 Å². The van der Waals surface area contributed by atoms with Crippen LogP contribution in [0.1, 0.15) is 31.9 Å². The molecule has 0 bridgehead atoms. The molecule has 2 aromatic rings. The van der Waals surface area contributed by atoms with Crippen molar-refractivity contribution in [2.75, 3.05) is 5.73 Å². The van der Waals surface area contributed by atoms with Crippen LogP contribution in [0.3, 0.4) is 0 Å². The Morgan fingerprint density at radius 2 is 2.29 bits per heavy atom. The molecule has 3 N–H and O–H groups in total. The van der Waals surface area contributed by atoms with Gasteiger partial charge in [0.2, 0.25) is 5.95 Å². The lowest BCUT2D eigenvalue weighted by molar-refractivity contribution is 0.713.